The summed E-state index contributed by atoms with van der Waals surface area (Å²) in [5.74, 6) is 0.352. The van der Waals surface area contributed by atoms with Crippen LogP contribution in [-0.2, 0) is 9.63 Å². The Kier molecular flexibility index (Phi) is 4.77. The van der Waals surface area contributed by atoms with Crippen LogP contribution in [0.2, 0.25) is 0 Å². The highest BCUT2D eigenvalue weighted by molar-refractivity contribution is 5.82. The van der Waals surface area contributed by atoms with E-state index < -0.39 is 0 Å². The summed E-state index contributed by atoms with van der Waals surface area (Å²) in [4.78, 5) is 15.0. The van der Waals surface area contributed by atoms with Crippen molar-refractivity contribution < 1.29 is 9.63 Å². The molecule has 0 spiro atoms. The molecule has 0 aromatic rings. The molecule has 0 radical (unpaired) electrons. The molecule has 0 aromatic carbocycles. The molecule has 0 bridgehead atoms. The van der Waals surface area contributed by atoms with Crippen LogP contribution in [0.4, 0.5) is 0 Å². The van der Waals surface area contributed by atoms with Gasteiger partial charge in [-0.2, -0.15) is 0 Å². The highest BCUT2D eigenvalue weighted by atomic mass is 16.6. The Balaban J connectivity index is 2.42. The van der Waals surface area contributed by atoms with Gasteiger partial charge in [0.15, 0.2) is 0 Å². The van der Waals surface area contributed by atoms with E-state index in [1.807, 2.05) is 6.08 Å². The first-order valence-corrected chi connectivity index (χ1v) is 4.92. The van der Waals surface area contributed by atoms with Crippen LogP contribution in [-0.4, -0.2) is 25.7 Å². The molecule has 0 saturated heterocycles. The van der Waals surface area contributed by atoms with Gasteiger partial charge in [0.2, 0.25) is 0 Å². The molecule has 2 atom stereocenters. The summed E-state index contributed by atoms with van der Waals surface area (Å²) >= 11 is 0. The average molecular weight is 208 g/mol. The smallest absolute Gasteiger partial charge is 0.136 e. The molecule has 15 heavy (non-hydrogen) atoms. The quantitative estimate of drug-likeness (QED) is 0.417. The Morgan fingerprint density at radius 3 is 3.13 bits per heavy atom. The first-order chi connectivity index (χ1) is 7.26. The Morgan fingerprint density at radius 2 is 2.60 bits per heavy atom. The molecule has 2 N–H and O–H groups in total. The van der Waals surface area contributed by atoms with Gasteiger partial charge in [0.05, 0.1) is 12.3 Å². The zero-order valence-corrected chi connectivity index (χ0v) is 8.80. The van der Waals surface area contributed by atoms with E-state index in [1.54, 1.807) is 6.21 Å². The van der Waals surface area contributed by atoms with Crippen molar-refractivity contribution in [3.63, 3.8) is 0 Å². The lowest BCUT2D eigenvalue weighted by Crippen LogP contribution is -2.24. The molecule has 82 valence electrons. The molecule has 1 rings (SSSR count). The van der Waals surface area contributed by atoms with Crippen LogP contribution in [0.3, 0.4) is 0 Å². The predicted molar refractivity (Wildman–Crippen MR) is 59.5 cm³/mol. The van der Waals surface area contributed by atoms with Gasteiger partial charge in [0, 0.05) is 0 Å². The largest absolute Gasteiger partial charge is 0.399 e. The Labute approximate surface area is 89.5 Å². The van der Waals surface area contributed by atoms with Crippen molar-refractivity contribution in [2.75, 3.05) is 7.11 Å². The zero-order valence-electron chi connectivity index (χ0n) is 8.80. The fourth-order valence-corrected chi connectivity index (χ4v) is 1.47. The number of aldehydes is 1. The molecule has 1 aliphatic carbocycles. The van der Waals surface area contributed by atoms with Gasteiger partial charge in [-0.1, -0.05) is 23.4 Å². The number of allylic oxidation sites excluding steroid dienone is 4. The van der Waals surface area contributed by atoms with E-state index in [4.69, 9.17) is 5.73 Å². The van der Waals surface area contributed by atoms with E-state index in [0.29, 0.717) is 12.3 Å². The van der Waals surface area contributed by atoms with Crippen molar-refractivity contribution in [2.24, 2.45) is 16.8 Å². The summed E-state index contributed by atoms with van der Waals surface area (Å²) in [6.45, 7) is 0. The number of carbonyl (C=O) groups is 1. The van der Waals surface area contributed by atoms with E-state index in [9.17, 15) is 4.79 Å². The summed E-state index contributed by atoms with van der Waals surface area (Å²) in [6.07, 6.45) is 10.1. The summed E-state index contributed by atoms with van der Waals surface area (Å²) in [6, 6.07) is -0.359. The van der Waals surface area contributed by atoms with Crippen LogP contribution in [0.5, 0.6) is 0 Å². The standard InChI is InChI=1S/C11H16N2O2/c1-15-13-7-10-4-2-9(3-5-10)6-11(12)8-14/h2,4-5,7-9,11H,3,6,12H2,1H3/b13-7+/t9?,11-/m0/s1. The van der Waals surface area contributed by atoms with Crippen LogP contribution in [0.1, 0.15) is 12.8 Å². The van der Waals surface area contributed by atoms with Crippen molar-refractivity contribution in [1.82, 2.24) is 0 Å². The minimum atomic E-state index is -0.359. The van der Waals surface area contributed by atoms with Crippen LogP contribution in [0.25, 0.3) is 0 Å². The third kappa shape index (κ3) is 4.08. The van der Waals surface area contributed by atoms with Gasteiger partial charge in [0.25, 0.3) is 0 Å². The van der Waals surface area contributed by atoms with Crippen molar-refractivity contribution in [3.05, 3.63) is 23.8 Å². The predicted octanol–water partition coefficient (Wildman–Crippen LogP) is 1.04. The second-order valence-corrected chi connectivity index (χ2v) is 3.51. The number of nitrogens with two attached hydrogens (primary N) is 1. The number of hydrogen-bond donors (Lipinski definition) is 1. The summed E-state index contributed by atoms with van der Waals surface area (Å²) in [5, 5.41) is 3.67. The Hall–Kier alpha value is -1.42. The first-order valence-electron chi connectivity index (χ1n) is 4.92. The fraction of sp³-hybridized carbons (Fsp3) is 0.455. The normalized spacial score (nSPS) is 22.5. The number of oxime groups is 1. The number of rotatable bonds is 5. The number of carbonyl (C=O) groups excluding carboxylic acids is 1. The topological polar surface area (TPSA) is 64.7 Å². The monoisotopic (exact) mass is 208 g/mol. The van der Waals surface area contributed by atoms with Gasteiger partial charge < -0.3 is 15.4 Å². The van der Waals surface area contributed by atoms with E-state index in [2.05, 4.69) is 22.1 Å². The molecular formula is C11H16N2O2. The maximum absolute atomic E-state index is 10.4. The zero-order chi connectivity index (χ0) is 11.1. The molecule has 0 fully saturated rings. The summed E-state index contributed by atoms with van der Waals surface area (Å²) in [5.41, 5.74) is 6.57. The fourth-order valence-electron chi connectivity index (χ4n) is 1.47. The summed E-state index contributed by atoms with van der Waals surface area (Å²) < 4.78 is 0. The minimum Gasteiger partial charge on any atom is -0.399 e. The third-order valence-electron chi connectivity index (χ3n) is 2.27. The van der Waals surface area contributed by atoms with Crippen LogP contribution in [0.15, 0.2) is 29.0 Å². The molecule has 0 heterocycles. The molecule has 0 amide bonds. The second kappa shape index (κ2) is 6.14. The SMILES string of the molecule is CO/N=C/C1=CCC(C[C@H](N)C=O)C=C1. The highest BCUT2D eigenvalue weighted by Crippen LogP contribution is 2.19. The van der Waals surface area contributed by atoms with Gasteiger partial charge in [-0.25, -0.2) is 0 Å². The van der Waals surface area contributed by atoms with E-state index in [1.165, 1.54) is 7.11 Å². The molecule has 0 saturated carbocycles. The number of hydrogen-bond acceptors (Lipinski definition) is 4. The molecular weight excluding hydrogens is 192 g/mol. The molecule has 4 nitrogen and oxygen atoms in total. The molecule has 1 aliphatic rings. The summed E-state index contributed by atoms with van der Waals surface area (Å²) in [7, 11) is 1.51. The Bertz CT molecular complexity index is 295. The van der Waals surface area contributed by atoms with Crippen LogP contribution < -0.4 is 5.73 Å². The average Bonchev–Trinajstić information content (AvgIpc) is 2.28. The lowest BCUT2D eigenvalue weighted by molar-refractivity contribution is -0.109. The van der Waals surface area contributed by atoms with Crippen molar-refractivity contribution in [1.29, 1.82) is 0 Å². The highest BCUT2D eigenvalue weighted by Gasteiger charge is 2.11. The van der Waals surface area contributed by atoms with Crippen LogP contribution >= 0.6 is 0 Å². The molecule has 0 aromatic heterocycles. The van der Waals surface area contributed by atoms with E-state index >= 15 is 0 Å². The molecule has 4 heteroatoms. The lowest BCUT2D eigenvalue weighted by atomic mass is 9.92. The van der Waals surface area contributed by atoms with Gasteiger partial charge in [-0.3, -0.25) is 0 Å². The Morgan fingerprint density at radius 1 is 1.80 bits per heavy atom. The molecule has 1 unspecified atom stereocenters. The lowest BCUT2D eigenvalue weighted by Gasteiger charge is -2.15. The van der Waals surface area contributed by atoms with Gasteiger partial charge >= 0.3 is 0 Å². The molecule has 0 aliphatic heterocycles. The number of nitrogens with zero attached hydrogens (tertiary/aromatic N) is 1. The van der Waals surface area contributed by atoms with Gasteiger partial charge in [-0.15, -0.1) is 0 Å². The second-order valence-electron chi connectivity index (χ2n) is 3.51. The maximum Gasteiger partial charge on any atom is 0.136 e. The third-order valence-corrected chi connectivity index (χ3v) is 2.27. The maximum atomic E-state index is 10.4. The van der Waals surface area contributed by atoms with E-state index in [-0.39, 0.29) is 6.04 Å². The van der Waals surface area contributed by atoms with Gasteiger partial charge in [-0.05, 0) is 24.3 Å². The van der Waals surface area contributed by atoms with Crippen molar-refractivity contribution in [3.8, 4) is 0 Å². The van der Waals surface area contributed by atoms with Crippen molar-refractivity contribution in [2.45, 2.75) is 18.9 Å². The van der Waals surface area contributed by atoms with E-state index in [0.717, 1.165) is 18.3 Å². The minimum absolute atomic E-state index is 0.352. The van der Waals surface area contributed by atoms with Crippen molar-refractivity contribution >= 4 is 12.5 Å². The van der Waals surface area contributed by atoms with Gasteiger partial charge in [0.1, 0.15) is 13.4 Å². The van der Waals surface area contributed by atoms with Crippen LogP contribution in [0, 0.1) is 5.92 Å². The first kappa shape index (κ1) is 11.7.